The molecule has 1 aliphatic rings. The molecule has 1 aliphatic carbocycles. The number of nitrogens with zero attached hydrogens (tertiary/aromatic N) is 5. The molecule has 0 saturated heterocycles. The monoisotopic (exact) mass is 703 g/mol. The van der Waals surface area contributed by atoms with Gasteiger partial charge in [0.1, 0.15) is 29.4 Å². The first-order valence-electron chi connectivity index (χ1n) is 17.3. The molecule has 268 valence electrons. The van der Waals surface area contributed by atoms with Crippen molar-refractivity contribution in [3.8, 4) is 34.0 Å². The van der Waals surface area contributed by atoms with Gasteiger partial charge in [0.2, 0.25) is 11.8 Å². The number of carbonyl (C=O) groups is 2. The number of rotatable bonds is 12. The topological polar surface area (TPSA) is 159 Å². The molecular formula is C39H41N7O6. The van der Waals surface area contributed by atoms with Gasteiger partial charge < -0.3 is 20.1 Å². The molecule has 52 heavy (non-hydrogen) atoms. The van der Waals surface area contributed by atoms with E-state index < -0.39 is 23.6 Å². The summed E-state index contributed by atoms with van der Waals surface area (Å²) in [6.07, 6.45) is 5.01. The third-order valence-corrected chi connectivity index (χ3v) is 9.17. The first kappa shape index (κ1) is 35.7. The molecule has 0 bridgehead atoms. The molecule has 2 amide bonds. The van der Waals surface area contributed by atoms with Gasteiger partial charge in [-0.3, -0.25) is 19.2 Å². The van der Waals surface area contributed by atoms with Gasteiger partial charge in [0, 0.05) is 35.5 Å². The molecule has 6 rings (SSSR count). The largest absolute Gasteiger partial charge is 0.497 e. The summed E-state index contributed by atoms with van der Waals surface area (Å²) in [7, 11) is 1.58. The standard InChI is InChI=1S/C39H41N7O6/c1-25(45-36(47)18-16-33(43-45)28-10-7-13-31(22-28)51-3)38(49)41-30-12-6-9-27(21-30)24-52-32-14-8-11-29(23-32)34-17-19-37(48)46(44-34)26(2)39(50)42-35-15-4-5-20-40-35/h4-5,7-8,10-11,13-20,22-23,25-27,30H,6,9,12,21,24H2,1-3H3,(H,41,49)(H,40,42,50). The predicted octanol–water partition coefficient (Wildman–Crippen LogP) is 5.05. The Hall–Kier alpha value is -6.11. The summed E-state index contributed by atoms with van der Waals surface area (Å²) in [4.78, 5) is 55.8. The van der Waals surface area contributed by atoms with Crippen LogP contribution < -0.4 is 31.2 Å². The van der Waals surface area contributed by atoms with Gasteiger partial charge in [-0.2, -0.15) is 10.2 Å². The number of pyridine rings is 1. The highest BCUT2D eigenvalue weighted by atomic mass is 16.5. The van der Waals surface area contributed by atoms with E-state index >= 15 is 0 Å². The predicted molar refractivity (Wildman–Crippen MR) is 196 cm³/mol. The molecule has 0 spiro atoms. The van der Waals surface area contributed by atoms with Crippen LogP contribution in [0.1, 0.15) is 51.6 Å². The smallest absolute Gasteiger partial charge is 0.267 e. The third-order valence-electron chi connectivity index (χ3n) is 9.17. The van der Waals surface area contributed by atoms with Crippen LogP contribution in [0, 0.1) is 5.92 Å². The average molecular weight is 704 g/mol. The molecule has 13 heteroatoms. The molecule has 1 fully saturated rings. The number of carbonyl (C=O) groups excluding carboxylic acids is 2. The van der Waals surface area contributed by atoms with Gasteiger partial charge in [0.15, 0.2) is 0 Å². The lowest BCUT2D eigenvalue weighted by Gasteiger charge is -2.30. The minimum absolute atomic E-state index is 0.0667. The summed E-state index contributed by atoms with van der Waals surface area (Å²) in [5.41, 5.74) is 1.82. The van der Waals surface area contributed by atoms with Crippen LogP contribution in [0.2, 0.25) is 0 Å². The van der Waals surface area contributed by atoms with Gasteiger partial charge in [-0.25, -0.2) is 14.3 Å². The van der Waals surface area contributed by atoms with E-state index in [4.69, 9.17) is 9.47 Å². The summed E-state index contributed by atoms with van der Waals surface area (Å²) in [5.74, 6) is 1.21. The summed E-state index contributed by atoms with van der Waals surface area (Å²) in [5, 5.41) is 14.9. The van der Waals surface area contributed by atoms with Crippen LogP contribution >= 0.6 is 0 Å². The lowest BCUT2D eigenvalue weighted by molar-refractivity contribution is -0.125. The fourth-order valence-corrected chi connectivity index (χ4v) is 6.24. The molecule has 13 nitrogen and oxygen atoms in total. The highest BCUT2D eigenvalue weighted by molar-refractivity contribution is 5.92. The lowest BCUT2D eigenvalue weighted by atomic mass is 9.86. The van der Waals surface area contributed by atoms with Crippen molar-refractivity contribution >= 4 is 17.6 Å². The van der Waals surface area contributed by atoms with E-state index in [0.717, 1.165) is 41.5 Å². The fraction of sp³-hybridized carbons (Fsp3) is 0.308. The first-order chi connectivity index (χ1) is 25.2. The normalized spacial score (nSPS) is 16.7. The van der Waals surface area contributed by atoms with Crippen LogP contribution in [0.25, 0.3) is 22.5 Å². The van der Waals surface area contributed by atoms with Crippen molar-refractivity contribution in [2.75, 3.05) is 19.0 Å². The number of amides is 2. The zero-order chi connectivity index (χ0) is 36.6. The van der Waals surface area contributed by atoms with Crippen LogP contribution in [0.4, 0.5) is 5.82 Å². The number of hydrogen-bond acceptors (Lipinski definition) is 9. The minimum Gasteiger partial charge on any atom is -0.497 e. The summed E-state index contributed by atoms with van der Waals surface area (Å²) >= 11 is 0. The van der Waals surface area contributed by atoms with Crippen LogP contribution in [0.15, 0.2) is 107 Å². The third kappa shape index (κ3) is 8.60. The van der Waals surface area contributed by atoms with E-state index in [-0.39, 0.29) is 23.4 Å². The molecule has 1 saturated carbocycles. The molecule has 0 aliphatic heterocycles. The average Bonchev–Trinajstić information content (AvgIpc) is 3.17. The second-order valence-electron chi connectivity index (χ2n) is 12.9. The molecule has 2 N–H and O–H groups in total. The molecule has 2 aromatic carbocycles. The van der Waals surface area contributed by atoms with E-state index in [9.17, 15) is 19.2 Å². The van der Waals surface area contributed by atoms with Crippen molar-refractivity contribution in [3.63, 3.8) is 0 Å². The highest BCUT2D eigenvalue weighted by Gasteiger charge is 2.27. The summed E-state index contributed by atoms with van der Waals surface area (Å²) in [6.45, 7) is 3.73. The van der Waals surface area contributed by atoms with E-state index in [1.54, 1.807) is 57.5 Å². The number of nitrogens with one attached hydrogen (secondary N) is 2. The Labute approximate surface area is 300 Å². The van der Waals surface area contributed by atoms with Crippen LogP contribution in [-0.2, 0) is 9.59 Å². The van der Waals surface area contributed by atoms with Gasteiger partial charge in [0.25, 0.3) is 11.1 Å². The van der Waals surface area contributed by atoms with Crippen molar-refractivity contribution < 1.29 is 19.1 Å². The number of anilines is 1. The maximum absolute atomic E-state index is 13.4. The number of ether oxygens (including phenoxy) is 2. The quantitative estimate of drug-likeness (QED) is 0.181. The fourth-order valence-electron chi connectivity index (χ4n) is 6.24. The highest BCUT2D eigenvalue weighted by Crippen LogP contribution is 2.28. The molecular weight excluding hydrogens is 662 g/mol. The second kappa shape index (κ2) is 16.3. The van der Waals surface area contributed by atoms with Crippen molar-refractivity contribution in [3.05, 3.63) is 118 Å². The number of methoxy groups -OCH3 is 1. The first-order valence-corrected chi connectivity index (χ1v) is 17.3. The summed E-state index contributed by atoms with van der Waals surface area (Å²) < 4.78 is 13.9. The molecule has 0 radical (unpaired) electrons. The number of aromatic nitrogens is 5. The molecule has 3 heterocycles. The molecule has 4 atom stereocenters. The van der Waals surface area contributed by atoms with Gasteiger partial charge in [-0.15, -0.1) is 0 Å². The zero-order valence-electron chi connectivity index (χ0n) is 29.3. The maximum Gasteiger partial charge on any atom is 0.267 e. The molecule has 4 unspecified atom stereocenters. The lowest BCUT2D eigenvalue weighted by Crippen LogP contribution is -2.44. The molecule has 5 aromatic rings. The number of hydrogen-bond donors (Lipinski definition) is 2. The van der Waals surface area contributed by atoms with Crippen LogP contribution in [-0.4, -0.2) is 56.1 Å². The Morgan fingerprint density at radius 1 is 0.788 bits per heavy atom. The Morgan fingerprint density at radius 3 is 2.06 bits per heavy atom. The van der Waals surface area contributed by atoms with Crippen molar-refractivity contribution in [1.82, 2.24) is 29.9 Å². The minimum atomic E-state index is -0.877. The van der Waals surface area contributed by atoms with Gasteiger partial charge in [-0.05, 0) is 87.6 Å². The Balaban J connectivity index is 1.06. The summed E-state index contributed by atoms with van der Waals surface area (Å²) in [6, 6.07) is 24.3. The van der Waals surface area contributed by atoms with Crippen molar-refractivity contribution in [1.29, 1.82) is 0 Å². The van der Waals surface area contributed by atoms with E-state index in [0.29, 0.717) is 35.3 Å². The van der Waals surface area contributed by atoms with Gasteiger partial charge in [0.05, 0.1) is 25.1 Å². The number of benzene rings is 2. The second-order valence-corrected chi connectivity index (χ2v) is 12.9. The maximum atomic E-state index is 13.4. The zero-order valence-corrected chi connectivity index (χ0v) is 29.3. The molecule has 3 aromatic heterocycles. The van der Waals surface area contributed by atoms with E-state index in [1.165, 1.54) is 16.8 Å². The van der Waals surface area contributed by atoms with Gasteiger partial charge >= 0.3 is 0 Å². The Morgan fingerprint density at radius 2 is 1.42 bits per heavy atom. The van der Waals surface area contributed by atoms with Crippen molar-refractivity contribution in [2.24, 2.45) is 5.92 Å². The SMILES string of the molecule is COc1cccc(-c2ccc(=O)n(C(C)C(=O)NC3CCCC(COc4cccc(-c5ccc(=O)n(C(C)C(=O)Nc6ccccn6)n5)c4)C3)n2)c1. The van der Waals surface area contributed by atoms with Crippen molar-refractivity contribution in [2.45, 2.75) is 57.7 Å². The van der Waals surface area contributed by atoms with E-state index in [1.807, 2.05) is 48.5 Å². The van der Waals surface area contributed by atoms with Crippen LogP contribution in [0.5, 0.6) is 11.5 Å². The van der Waals surface area contributed by atoms with Gasteiger partial charge in [-0.1, -0.05) is 36.8 Å². The van der Waals surface area contributed by atoms with E-state index in [2.05, 4.69) is 25.8 Å². The Bertz CT molecular complexity index is 2150. The van der Waals surface area contributed by atoms with Crippen LogP contribution in [0.3, 0.4) is 0 Å². The Kier molecular flexibility index (Phi) is 11.2.